The van der Waals surface area contributed by atoms with E-state index in [2.05, 4.69) is 10.3 Å². The molecule has 24 heavy (non-hydrogen) atoms. The minimum atomic E-state index is -4.45. The van der Waals surface area contributed by atoms with E-state index in [1.165, 1.54) is 0 Å². The molecule has 2 aromatic heterocycles. The molecule has 0 saturated heterocycles. The Hall–Kier alpha value is -3.03. The van der Waals surface area contributed by atoms with Crippen molar-refractivity contribution in [1.29, 1.82) is 0 Å². The molecule has 2 heterocycles. The molecule has 3 rings (SSSR count). The maximum atomic E-state index is 12.1. The zero-order valence-electron chi connectivity index (χ0n) is 12.3. The summed E-state index contributed by atoms with van der Waals surface area (Å²) in [6.07, 6.45) is 0.689. The lowest BCUT2D eigenvalue weighted by molar-refractivity contribution is -0.122. The molecule has 0 aliphatic carbocycles. The second-order valence-electron chi connectivity index (χ2n) is 5.05. The van der Waals surface area contributed by atoms with Gasteiger partial charge in [-0.3, -0.25) is 4.98 Å². The third-order valence-corrected chi connectivity index (χ3v) is 3.37. The van der Waals surface area contributed by atoms with Gasteiger partial charge in [0.2, 0.25) is 0 Å². The first kappa shape index (κ1) is 15.9. The number of amides is 2. The molecule has 0 spiro atoms. The summed E-state index contributed by atoms with van der Waals surface area (Å²) in [6.45, 7) is -1.38. The summed E-state index contributed by atoms with van der Waals surface area (Å²) in [7, 11) is 0. The highest BCUT2D eigenvalue weighted by molar-refractivity contribution is 6.01. The van der Waals surface area contributed by atoms with Crippen molar-refractivity contribution >= 4 is 22.6 Å². The number of hydrogen-bond donors (Lipinski definition) is 2. The highest BCUT2D eigenvalue weighted by Gasteiger charge is 2.27. The van der Waals surface area contributed by atoms with Crippen molar-refractivity contribution in [1.82, 2.24) is 14.9 Å². The minimum absolute atomic E-state index is 0.431. The minimum Gasteiger partial charge on any atom is -0.329 e. The summed E-state index contributed by atoms with van der Waals surface area (Å²) in [5.41, 5.74) is 2.13. The zero-order chi connectivity index (χ0) is 17.2. The van der Waals surface area contributed by atoms with Gasteiger partial charge in [0.25, 0.3) is 0 Å². The fourth-order valence-corrected chi connectivity index (χ4v) is 2.35. The summed E-state index contributed by atoms with van der Waals surface area (Å²) in [5, 5.41) is 4.95. The van der Waals surface area contributed by atoms with Gasteiger partial charge in [0.05, 0.1) is 11.2 Å². The summed E-state index contributed by atoms with van der Waals surface area (Å²) in [4.78, 5) is 15.6. The largest absolute Gasteiger partial charge is 0.405 e. The lowest BCUT2D eigenvalue weighted by Gasteiger charge is -2.11. The smallest absolute Gasteiger partial charge is 0.329 e. The molecule has 124 valence electrons. The third kappa shape index (κ3) is 3.48. The number of anilines is 1. The van der Waals surface area contributed by atoms with E-state index in [0.29, 0.717) is 5.69 Å². The van der Waals surface area contributed by atoms with Gasteiger partial charge in [-0.2, -0.15) is 13.2 Å². The number of aromatic nitrogens is 2. The highest BCUT2D eigenvalue weighted by atomic mass is 19.4. The van der Waals surface area contributed by atoms with Crippen molar-refractivity contribution in [3.05, 3.63) is 55.0 Å². The van der Waals surface area contributed by atoms with E-state index in [4.69, 9.17) is 0 Å². The molecule has 1 aromatic carbocycles. The standard InChI is InChI=1S/C16H13F3N4O/c17-16(18,19)10-21-15(24)22-13-2-1-3-14-12(13)6-9-23(14)11-4-7-20-8-5-11/h1-9H,10H2,(H2,21,22,24). The van der Waals surface area contributed by atoms with Crippen LogP contribution >= 0.6 is 0 Å². The number of alkyl halides is 3. The lowest BCUT2D eigenvalue weighted by Crippen LogP contribution is -2.36. The number of halogens is 3. The van der Waals surface area contributed by atoms with Crippen LogP contribution in [0.2, 0.25) is 0 Å². The van der Waals surface area contributed by atoms with Crippen molar-refractivity contribution in [3.63, 3.8) is 0 Å². The Morgan fingerprint density at radius 2 is 1.88 bits per heavy atom. The number of carbonyl (C=O) groups excluding carboxylic acids is 1. The predicted octanol–water partition coefficient (Wildman–Crippen LogP) is 3.71. The van der Waals surface area contributed by atoms with E-state index in [1.54, 1.807) is 35.9 Å². The first-order valence-corrected chi connectivity index (χ1v) is 7.06. The number of nitrogens with zero attached hydrogens (tertiary/aromatic N) is 2. The summed E-state index contributed by atoms with van der Waals surface area (Å²) < 4.78 is 38.3. The molecule has 2 N–H and O–H groups in total. The van der Waals surface area contributed by atoms with Gasteiger partial charge >= 0.3 is 12.2 Å². The van der Waals surface area contributed by atoms with Gasteiger partial charge in [-0.1, -0.05) is 6.07 Å². The molecule has 5 nitrogen and oxygen atoms in total. The van der Waals surface area contributed by atoms with Crippen LogP contribution in [0.5, 0.6) is 0 Å². The molecule has 0 bridgehead atoms. The second-order valence-corrected chi connectivity index (χ2v) is 5.05. The zero-order valence-corrected chi connectivity index (χ0v) is 12.3. The molecule has 0 aliphatic rings. The van der Waals surface area contributed by atoms with Gasteiger partial charge in [-0.15, -0.1) is 0 Å². The number of carbonyl (C=O) groups is 1. The number of rotatable bonds is 3. The molecule has 0 unspecified atom stereocenters. The normalized spacial score (nSPS) is 11.5. The first-order chi connectivity index (χ1) is 11.4. The van der Waals surface area contributed by atoms with E-state index >= 15 is 0 Å². The van der Waals surface area contributed by atoms with E-state index in [0.717, 1.165) is 16.6 Å². The van der Waals surface area contributed by atoms with Crippen molar-refractivity contribution in [2.45, 2.75) is 6.18 Å². The van der Waals surface area contributed by atoms with Crippen LogP contribution < -0.4 is 10.6 Å². The van der Waals surface area contributed by atoms with Crippen LogP contribution in [0.1, 0.15) is 0 Å². The van der Waals surface area contributed by atoms with Crippen molar-refractivity contribution in [2.24, 2.45) is 0 Å². The topological polar surface area (TPSA) is 59.0 Å². The number of hydrogen-bond acceptors (Lipinski definition) is 2. The number of benzene rings is 1. The molecule has 0 aliphatic heterocycles. The van der Waals surface area contributed by atoms with Gasteiger partial charge in [0.15, 0.2) is 0 Å². The van der Waals surface area contributed by atoms with Gasteiger partial charge in [-0.25, -0.2) is 4.79 Å². The Bertz CT molecular complexity index is 859. The Morgan fingerprint density at radius 3 is 2.58 bits per heavy atom. The molecular weight excluding hydrogens is 321 g/mol. The summed E-state index contributed by atoms with van der Waals surface area (Å²) in [6, 6.07) is 9.75. The van der Waals surface area contributed by atoms with Gasteiger partial charge < -0.3 is 15.2 Å². The van der Waals surface area contributed by atoms with Crippen molar-refractivity contribution in [3.8, 4) is 5.69 Å². The Labute approximate surface area is 135 Å². The predicted molar refractivity (Wildman–Crippen MR) is 84.1 cm³/mol. The number of urea groups is 1. The maximum absolute atomic E-state index is 12.1. The van der Waals surface area contributed by atoms with E-state index < -0.39 is 18.8 Å². The van der Waals surface area contributed by atoms with E-state index in [1.807, 2.05) is 29.0 Å². The average molecular weight is 334 g/mol. The summed E-state index contributed by atoms with van der Waals surface area (Å²) >= 11 is 0. The van der Waals surface area contributed by atoms with Crippen molar-refractivity contribution in [2.75, 3.05) is 11.9 Å². The van der Waals surface area contributed by atoms with Gasteiger partial charge in [-0.05, 0) is 30.3 Å². The van der Waals surface area contributed by atoms with Crippen LogP contribution in [-0.2, 0) is 0 Å². The van der Waals surface area contributed by atoms with Crippen LogP contribution in [0, 0.1) is 0 Å². The molecular formula is C16H13F3N4O. The van der Waals surface area contributed by atoms with Crippen LogP contribution in [0.15, 0.2) is 55.0 Å². The third-order valence-electron chi connectivity index (χ3n) is 3.37. The van der Waals surface area contributed by atoms with Crippen LogP contribution in [-0.4, -0.2) is 28.3 Å². The highest BCUT2D eigenvalue weighted by Crippen LogP contribution is 2.26. The van der Waals surface area contributed by atoms with Crippen LogP contribution in [0.4, 0.5) is 23.7 Å². The van der Waals surface area contributed by atoms with E-state index in [9.17, 15) is 18.0 Å². The molecule has 0 atom stereocenters. The molecule has 2 amide bonds. The summed E-state index contributed by atoms with van der Waals surface area (Å²) in [5.74, 6) is 0. The first-order valence-electron chi connectivity index (χ1n) is 7.06. The molecule has 0 radical (unpaired) electrons. The number of pyridine rings is 1. The lowest BCUT2D eigenvalue weighted by atomic mass is 10.2. The fraction of sp³-hybridized carbons (Fsp3) is 0.125. The van der Waals surface area contributed by atoms with Gasteiger partial charge in [0.1, 0.15) is 6.54 Å². The monoisotopic (exact) mass is 334 g/mol. The second kappa shape index (κ2) is 6.23. The van der Waals surface area contributed by atoms with Crippen molar-refractivity contribution < 1.29 is 18.0 Å². The van der Waals surface area contributed by atoms with Gasteiger partial charge in [0, 0.05) is 29.7 Å². The molecule has 3 aromatic rings. The number of nitrogens with one attached hydrogen (secondary N) is 2. The average Bonchev–Trinajstić information content (AvgIpc) is 2.98. The Balaban J connectivity index is 1.85. The van der Waals surface area contributed by atoms with Crippen LogP contribution in [0.25, 0.3) is 16.6 Å². The maximum Gasteiger partial charge on any atom is 0.405 e. The Morgan fingerprint density at radius 1 is 1.12 bits per heavy atom. The Kier molecular flexibility index (Phi) is 4.11. The molecule has 0 fully saturated rings. The molecule has 0 saturated carbocycles. The molecule has 8 heteroatoms. The fourth-order valence-electron chi connectivity index (χ4n) is 2.35. The van der Waals surface area contributed by atoms with Crippen LogP contribution in [0.3, 0.4) is 0 Å². The van der Waals surface area contributed by atoms with E-state index in [-0.39, 0.29) is 0 Å². The number of fused-ring (bicyclic) bond motifs is 1. The SMILES string of the molecule is O=C(NCC(F)(F)F)Nc1cccc2c1ccn2-c1ccncc1. The quantitative estimate of drug-likeness (QED) is 0.767.